The summed E-state index contributed by atoms with van der Waals surface area (Å²) < 4.78 is 5.36. The van der Waals surface area contributed by atoms with Crippen LogP contribution in [-0.2, 0) is 4.79 Å². The number of urea groups is 1. The zero-order valence-corrected chi connectivity index (χ0v) is 15.7. The van der Waals surface area contributed by atoms with Crippen molar-refractivity contribution in [3.63, 3.8) is 0 Å². The van der Waals surface area contributed by atoms with Crippen LogP contribution >= 0.6 is 23.2 Å². The smallest absolute Gasteiger partial charge is 0.322 e. The van der Waals surface area contributed by atoms with Gasteiger partial charge < -0.3 is 20.3 Å². The van der Waals surface area contributed by atoms with Crippen LogP contribution in [0.3, 0.4) is 0 Å². The summed E-state index contributed by atoms with van der Waals surface area (Å²) in [7, 11) is 1.68. The quantitative estimate of drug-likeness (QED) is 0.803. The highest BCUT2D eigenvalue weighted by Crippen LogP contribution is 2.32. The number of rotatable bonds is 3. The van der Waals surface area contributed by atoms with Crippen molar-refractivity contribution in [2.45, 2.75) is 13.0 Å². The van der Waals surface area contributed by atoms with Crippen LogP contribution in [0.25, 0.3) is 0 Å². The molecule has 1 aliphatic heterocycles. The average molecular weight is 394 g/mol. The molecule has 1 aliphatic rings. The predicted molar refractivity (Wildman–Crippen MR) is 102 cm³/mol. The van der Waals surface area contributed by atoms with Gasteiger partial charge in [-0.25, -0.2) is 4.79 Å². The van der Waals surface area contributed by atoms with E-state index in [9.17, 15) is 9.59 Å². The third-order valence-electron chi connectivity index (χ3n) is 4.18. The van der Waals surface area contributed by atoms with E-state index in [2.05, 4.69) is 10.6 Å². The lowest BCUT2D eigenvalue weighted by Gasteiger charge is -2.26. The van der Waals surface area contributed by atoms with Gasteiger partial charge in [-0.15, -0.1) is 0 Å². The number of halogens is 2. The Morgan fingerprint density at radius 3 is 2.77 bits per heavy atom. The number of hydrogen-bond acceptors (Lipinski definition) is 3. The fourth-order valence-corrected chi connectivity index (χ4v) is 3.16. The van der Waals surface area contributed by atoms with Crippen molar-refractivity contribution in [1.29, 1.82) is 0 Å². The highest BCUT2D eigenvalue weighted by atomic mass is 35.5. The summed E-state index contributed by atoms with van der Waals surface area (Å²) in [5.74, 6) is 0.307. The number of nitrogens with one attached hydrogen (secondary N) is 2. The van der Waals surface area contributed by atoms with Crippen LogP contribution in [-0.4, -0.2) is 30.5 Å². The Labute approximate surface area is 161 Å². The molecule has 0 radical (unpaired) electrons. The fraction of sp³-hybridized carbons (Fsp3) is 0.222. The van der Waals surface area contributed by atoms with Crippen molar-refractivity contribution < 1.29 is 14.3 Å². The van der Waals surface area contributed by atoms with E-state index in [1.807, 2.05) is 6.92 Å². The summed E-state index contributed by atoms with van der Waals surface area (Å²) in [5, 5.41) is 6.55. The van der Waals surface area contributed by atoms with E-state index in [1.54, 1.807) is 43.4 Å². The van der Waals surface area contributed by atoms with Crippen LogP contribution in [0.1, 0.15) is 18.5 Å². The van der Waals surface area contributed by atoms with E-state index in [0.717, 1.165) is 5.56 Å². The van der Waals surface area contributed by atoms with Gasteiger partial charge in [-0.05, 0) is 36.8 Å². The maximum absolute atomic E-state index is 12.6. The lowest BCUT2D eigenvalue weighted by Crippen LogP contribution is -2.33. The number of ether oxygens (including phenoxy) is 1. The summed E-state index contributed by atoms with van der Waals surface area (Å²) in [6.07, 6.45) is 0. The van der Waals surface area contributed by atoms with Gasteiger partial charge in [-0.1, -0.05) is 29.3 Å². The molecule has 0 bridgehead atoms. The number of benzene rings is 2. The molecule has 0 fully saturated rings. The summed E-state index contributed by atoms with van der Waals surface area (Å²) >= 11 is 12.2. The van der Waals surface area contributed by atoms with Crippen molar-refractivity contribution in [3.8, 4) is 5.75 Å². The Balaban J connectivity index is 1.72. The zero-order chi connectivity index (χ0) is 18.8. The van der Waals surface area contributed by atoms with Gasteiger partial charge in [-0.2, -0.15) is 0 Å². The predicted octanol–water partition coefficient (Wildman–Crippen LogP) is 4.55. The summed E-state index contributed by atoms with van der Waals surface area (Å²) in [6, 6.07) is 9.67. The van der Waals surface area contributed by atoms with E-state index in [-0.39, 0.29) is 24.6 Å². The van der Waals surface area contributed by atoms with Crippen LogP contribution in [0.5, 0.6) is 5.75 Å². The van der Waals surface area contributed by atoms with E-state index >= 15 is 0 Å². The van der Waals surface area contributed by atoms with Gasteiger partial charge in [0.15, 0.2) is 6.61 Å². The monoisotopic (exact) mass is 393 g/mol. The first kappa shape index (κ1) is 18.4. The molecule has 1 unspecified atom stereocenters. The molecule has 26 heavy (non-hydrogen) atoms. The molecule has 0 saturated heterocycles. The van der Waals surface area contributed by atoms with Crippen LogP contribution in [0.4, 0.5) is 16.2 Å². The largest absolute Gasteiger partial charge is 0.482 e. The topological polar surface area (TPSA) is 70.7 Å². The van der Waals surface area contributed by atoms with Gasteiger partial charge in [0.05, 0.1) is 11.7 Å². The van der Waals surface area contributed by atoms with Crippen LogP contribution in [0, 0.1) is 0 Å². The number of amides is 3. The fourth-order valence-electron chi connectivity index (χ4n) is 2.59. The molecule has 2 aromatic carbocycles. The minimum absolute atomic E-state index is 0.0452. The Bertz CT molecular complexity index is 873. The minimum Gasteiger partial charge on any atom is -0.482 e. The van der Waals surface area contributed by atoms with Gasteiger partial charge in [0, 0.05) is 28.8 Å². The van der Waals surface area contributed by atoms with Crippen molar-refractivity contribution in [1.82, 2.24) is 4.90 Å². The Hall–Kier alpha value is -2.44. The van der Waals surface area contributed by atoms with Gasteiger partial charge in [0.1, 0.15) is 5.75 Å². The molecule has 136 valence electrons. The first-order valence-electron chi connectivity index (χ1n) is 7.90. The molecule has 8 heteroatoms. The first-order chi connectivity index (χ1) is 12.3. The second-order valence-corrected chi connectivity index (χ2v) is 6.77. The Morgan fingerprint density at radius 1 is 1.27 bits per heavy atom. The van der Waals surface area contributed by atoms with Crippen molar-refractivity contribution in [2.24, 2.45) is 0 Å². The molecule has 1 heterocycles. The van der Waals surface area contributed by atoms with Crippen molar-refractivity contribution >= 4 is 46.5 Å². The van der Waals surface area contributed by atoms with Crippen molar-refractivity contribution in [3.05, 3.63) is 52.0 Å². The Morgan fingerprint density at radius 2 is 2.04 bits per heavy atom. The second kappa shape index (κ2) is 7.43. The molecule has 2 aromatic rings. The molecule has 0 aliphatic carbocycles. The first-order valence-corrected chi connectivity index (χ1v) is 8.66. The van der Waals surface area contributed by atoms with Crippen LogP contribution in [0.15, 0.2) is 36.4 Å². The van der Waals surface area contributed by atoms with Gasteiger partial charge >= 0.3 is 6.03 Å². The zero-order valence-electron chi connectivity index (χ0n) is 14.2. The SMILES string of the molecule is CC(c1ccc(Cl)cc1Cl)N(C)C(=O)Nc1ccc2c(c1)OCC(=O)N2. The van der Waals surface area contributed by atoms with E-state index in [0.29, 0.717) is 27.2 Å². The lowest BCUT2D eigenvalue weighted by molar-refractivity contribution is -0.118. The number of hydrogen-bond donors (Lipinski definition) is 2. The van der Waals surface area contributed by atoms with E-state index in [1.165, 1.54) is 4.90 Å². The van der Waals surface area contributed by atoms with Crippen LogP contribution in [0.2, 0.25) is 10.0 Å². The van der Waals surface area contributed by atoms with Gasteiger partial charge in [0.25, 0.3) is 5.91 Å². The summed E-state index contributed by atoms with van der Waals surface area (Å²) in [5.41, 5.74) is 1.94. The maximum atomic E-state index is 12.6. The number of carbonyl (C=O) groups excluding carboxylic acids is 2. The number of fused-ring (bicyclic) bond motifs is 1. The molecule has 0 aromatic heterocycles. The molecule has 2 N–H and O–H groups in total. The van der Waals surface area contributed by atoms with Crippen LogP contribution < -0.4 is 15.4 Å². The van der Waals surface area contributed by atoms with E-state index < -0.39 is 0 Å². The molecule has 0 saturated carbocycles. The number of carbonyl (C=O) groups is 2. The standard InChI is InChI=1S/C18H17Cl2N3O3/c1-10(13-5-3-11(19)7-14(13)20)23(2)18(25)21-12-4-6-15-16(8-12)26-9-17(24)22-15/h3-8,10H,9H2,1-2H3,(H,21,25)(H,22,24). The van der Waals surface area contributed by atoms with E-state index in [4.69, 9.17) is 27.9 Å². The third kappa shape index (κ3) is 3.86. The minimum atomic E-state index is -0.302. The molecule has 1 atom stereocenters. The lowest BCUT2D eigenvalue weighted by atomic mass is 10.1. The third-order valence-corrected chi connectivity index (χ3v) is 4.74. The molecule has 3 rings (SSSR count). The van der Waals surface area contributed by atoms with Gasteiger partial charge in [-0.3, -0.25) is 4.79 Å². The highest BCUT2D eigenvalue weighted by Gasteiger charge is 2.21. The second-order valence-electron chi connectivity index (χ2n) is 5.93. The molecule has 6 nitrogen and oxygen atoms in total. The van der Waals surface area contributed by atoms with Gasteiger partial charge in [0.2, 0.25) is 0 Å². The number of nitrogens with zero attached hydrogens (tertiary/aromatic N) is 1. The normalized spacial score (nSPS) is 13.9. The number of anilines is 2. The summed E-state index contributed by atoms with van der Waals surface area (Å²) in [4.78, 5) is 25.4. The summed E-state index contributed by atoms with van der Waals surface area (Å²) in [6.45, 7) is 1.83. The Kier molecular flexibility index (Phi) is 5.25. The average Bonchev–Trinajstić information content (AvgIpc) is 2.60. The van der Waals surface area contributed by atoms with Crippen molar-refractivity contribution in [2.75, 3.05) is 24.3 Å². The molecule has 3 amide bonds. The molecular weight excluding hydrogens is 377 g/mol. The highest BCUT2D eigenvalue weighted by molar-refractivity contribution is 6.35. The molecular formula is C18H17Cl2N3O3. The molecule has 0 spiro atoms. The maximum Gasteiger partial charge on any atom is 0.322 e.